The number of nitrogens with one attached hydrogen (secondary N) is 1. The van der Waals surface area contributed by atoms with Crippen molar-refractivity contribution in [2.75, 3.05) is 27.0 Å². The number of methoxy groups -OCH3 is 2. The molecular formula is C11H17NO2S. The summed E-state index contributed by atoms with van der Waals surface area (Å²) in [6.45, 7) is 0. The molecule has 0 fully saturated rings. The molecule has 84 valence electrons. The molecule has 15 heavy (non-hydrogen) atoms. The summed E-state index contributed by atoms with van der Waals surface area (Å²) in [5, 5.41) is 3.18. The van der Waals surface area contributed by atoms with E-state index in [1.165, 1.54) is 0 Å². The molecule has 0 saturated carbocycles. The highest BCUT2D eigenvalue weighted by molar-refractivity contribution is 7.80. The molecule has 0 aliphatic heterocycles. The zero-order valence-corrected chi connectivity index (χ0v) is 10.2. The van der Waals surface area contributed by atoms with E-state index in [9.17, 15) is 0 Å². The van der Waals surface area contributed by atoms with Crippen LogP contribution in [0.2, 0.25) is 0 Å². The van der Waals surface area contributed by atoms with Crippen LogP contribution in [-0.2, 0) is 0 Å². The monoisotopic (exact) mass is 227 g/mol. The zero-order valence-electron chi connectivity index (χ0n) is 9.28. The average molecular weight is 227 g/mol. The van der Waals surface area contributed by atoms with E-state index in [4.69, 9.17) is 9.47 Å². The van der Waals surface area contributed by atoms with Gasteiger partial charge in [-0.15, -0.1) is 0 Å². The van der Waals surface area contributed by atoms with Gasteiger partial charge in [-0.25, -0.2) is 0 Å². The van der Waals surface area contributed by atoms with Crippen molar-refractivity contribution < 1.29 is 9.47 Å². The topological polar surface area (TPSA) is 30.5 Å². The van der Waals surface area contributed by atoms with Crippen LogP contribution in [0, 0.1) is 0 Å². The first-order valence-corrected chi connectivity index (χ1v) is 5.40. The highest BCUT2D eigenvalue weighted by Gasteiger charge is 2.13. The van der Waals surface area contributed by atoms with Crippen LogP contribution in [0.3, 0.4) is 0 Å². The number of benzene rings is 1. The molecule has 1 aromatic rings. The third-order valence-corrected chi connectivity index (χ3v) is 2.71. The second kappa shape index (κ2) is 5.88. The minimum absolute atomic E-state index is 0.189. The van der Waals surface area contributed by atoms with Gasteiger partial charge >= 0.3 is 0 Å². The number of rotatable bonds is 5. The molecule has 1 aromatic carbocycles. The molecule has 0 heterocycles. The Balaban J connectivity index is 3.06. The summed E-state index contributed by atoms with van der Waals surface area (Å²) in [5.41, 5.74) is 1.09. The lowest BCUT2D eigenvalue weighted by molar-refractivity contribution is 0.387. The number of thiol groups is 1. The maximum Gasteiger partial charge on any atom is 0.127 e. The SMILES string of the molecule is CNC(CS)c1ccc(OC)cc1OC. The maximum atomic E-state index is 5.32. The normalized spacial score (nSPS) is 12.3. The lowest BCUT2D eigenvalue weighted by Crippen LogP contribution is -2.18. The van der Waals surface area contributed by atoms with Crippen molar-refractivity contribution in [3.63, 3.8) is 0 Å². The van der Waals surface area contributed by atoms with E-state index in [0.717, 1.165) is 22.8 Å². The van der Waals surface area contributed by atoms with Crippen LogP contribution in [0.5, 0.6) is 11.5 Å². The van der Waals surface area contributed by atoms with Gasteiger partial charge in [0.15, 0.2) is 0 Å². The highest BCUT2D eigenvalue weighted by Crippen LogP contribution is 2.29. The largest absolute Gasteiger partial charge is 0.497 e. The van der Waals surface area contributed by atoms with Gasteiger partial charge in [0.2, 0.25) is 0 Å². The van der Waals surface area contributed by atoms with Crippen LogP contribution in [0.4, 0.5) is 0 Å². The quantitative estimate of drug-likeness (QED) is 0.753. The zero-order chi connectivity index (χ0) is 11.3. The van der Waals surface area contributed by atoms with Gasteiger partial charge in [-0.2, -0.15) is 12.6 Å². The summed E-state index contributed by atoms with van der Waals surface area (Å²) in [5.74, 6) is 2.34. The molecule has 0 aromatic heterocycles. The molecule has 0 aliphatic carbocycles. The van der Waals surface area contributed by atoms with Crippen molar-refractivity contribution in [3.8, 4) is 11.5 Å². The first-order valence-electron chi connectivity index (χ1n) is 4.76. The summed E-state index contributed by atoms with van der Waals surface area (Å²) in [7, 11) is 5.21. The third-order valence-electron chi connectivity index (χ3n) is 2.35. The second-order valence-electron chi connectivity index (χ2n) is 3.13. The van der Waals surface area contributed by atoms with Gasteiger partial charge in [0, 0.05) is 23.4 Å². The Kier molecular flexibility index (Phi) is 4.78. The van der Waals surface area contributed by atoms with Crippen molar-refractivity contribution in [2.45, 2.75) is 6.04 Å². The second-order valence-corrected chi connectivity index (χ2v) is 3.50. The van der Waals surface area contributed by atoms with Crippen molar-refractivity contribution in [1.29, 1.82) is 0 Å². The number of hydrogen-bond acceptors (Lipinski definition) is 4. The third kappa shape index (κ3) is 2.79. The number of ether oxygens (including phenoxy) is 2. The smallest absolute Gasteiger partial charge is 0.127 e. The average Bonchev–Trinajstić information content (AvgIpc) is 2.31. The van der Waals surface area contributed by atoms with Gasteiger partial charge in [-0.1, -0.05) is 6.07 Å². The van der Waals surface area contributed by atoms with Crippen molar-refractivity contribution >= 4 is 12.6 Å². The molecule has 0 spiro atoms. The molecule has 0 saturated heterocycles. The van der Waals surface area contributed by atoms with Crippen LogP contribution >= 0.6 is 12.6 Å². The molecule has 0 aliphatic rings. The van der Waals surface area contributed by atoms with Gasteiger partial charge in [0.25, 0.3) is 0 Å². The molecule has 0 amide bonds. The minimum atomic E-state index is 0.189. The molecule has 0 radical (unpaired) electrons. The first kappa shape index (κ1) is 12.2. The van der Waals surface area contributed by atoms with Crippen LogP contribution in [0.1, 0.15) is 11.6 Å². The maximum absolute atomic E-state index is 5.32. The van der Waals surface area contributed by atoms with Crippen molar-refractivity contribution in [3.05, 3.63) is 23.8 Å². The van der Waals surface area contributed by atoms with Gasteiger partial charge < -0.3 is 14.8 Å². The molecular weight excluding hydrogens is 210 g/mol. The Hall–Kier alpha value is -0.870. The van der Waals surface area contributed by atoms with E-state index >= 15 is 0 Å². The lowest BCUT2D eigenvalue weighted by atomic mass is 10.1. The van der Waals surface area contributed by atoms with Gasteiger partial charge in [-0.05, 0) is 13.1 Å². The van der Waals surface area contributed by atoms with Gasteiger partial charge in [0.1, 0.15) is 11.5 Å². The van der Waals surface area contributed by atoms with E-state index in [2.05, 4.69) is 17.9 Å². The van der Waals surface area contributed by atoms with E-state index in [1.54, 1.807) is 14.2 Å². The van der Waals surface area contributed by atoms with Crippen LogP contribution < -0.4 is 14.8 Å². The molecule has 1 unspecified atom stereocenters. The molecule has 0 bridgehead atoms. The fourth-order valence-electron chi connectivity index (χ4n) is 1.45. The molecule has 1 N–H and O–H groups in total. The van der Waals surface area contributed by atoms with Crippen LogP contribution in [0.25, 0.3) is 0 Å². The summed E-state index contributed by atoms with van der Waals surface area (Å²) in [6.07, 6.45) is 0. The molecule has 3 nitrogen and oxygen atoms in total. The minimum Gasteiger partial charge on any atom is -0.497 e. The van der Waals surface area contributed by atoms with E-state index in [1.807, 2.05) is 25.2 Å². The standard InChI is InChI=1S/C11H17NO2S/c1-12-10(7-15)9-5-4-8(13-2)6-11(9)14-3/h4-6,10,12,15H,7H2,1-3H3. The fraction of sp³-hybridized carbons (Fsp3) is 0.455. The summed E-state index contributed by atoms with van der Waals surface area (Å²) >= 11 is 4.29. The summed E-state index contributed by atoms with van der Waals surface area (Å²) < 4.78 is 10.5. The summed E-state index contributed by atoms with van der Waals surface area (Å²) in [6, 6.07) is 5.98. The van der Waals surface area contributed by atoms with Gasteiger partial charge in [-0.3, -0.25) is 0 Å². The highest BCUT2D eigenvalue weighted by atomic mass is 32.1. The Bertz CT molecular complexity index is 313. The molecule has 1 rings (SSSR count). The Morgan fingerprint density at radius 3 is 2.53 bits per heavy atom. The Labute approximate surface area is 96.2 Å². The Morgan fingerprint density at radius 1 is 1.33 bits per heavy atom. The Morgan fingerprint density at radius 2 is 2.07 bits per heavy atom. The van der Waals surface area contributed by atoms with Crippen molar-refractivity contribution in [1.82, 2.24) is 5.32 Å². The first-order chi connectivity index (χ1) is 7.26. The number of hydrogen-bond donors (Lipinski definition) is 2. The fourth-order valence-corrected chi connectivity index (χ4v) is 1.83. The van der Waals surface area contributed by atoms with Crippen molar-refractivity contribution in [2.24, 2.45) is 0 Å². The van der Waals surface area contributed by atoms with Gasteiger partial charge in [0.05, 0.1) is 14.2 Å². The predicted molar refractivity (Wildman–Crippen MR) is 65.2 cm³/mol. The van der Waals surface area contributed by atoms with E-state index in [0.29, 0.717) is 0 Å². The van der Waals surface area contributed by atoms with Crippen LogP contribution in [0.15, 0.2) is 18.2 Å². The lowest BCUT2D eigenvalue weighted by Gasteiger charge is -2.17. The van der Waals surface area contributed by atoms with E-state index < -0.39 is 0 Å². The summed E-state index contributed by atoms with van der Waals surface area (Å²) in [4.78, 5) is 0. The van der Waals surface area contributed by atoms with E-state index in [-0.39, 0.29) is 6.04 Å². The predicted octanol–water partition coefficient (Wildman–Crippen LogP) is 1.89. The molecule has 4 heteroatoms. The van der Waals surface area contributed by atoms with Crippen LogP contribution in [-0.4, -0.2) is 27.0 Å². The molecule has 1 atom stereocenters.